The minimum atomic E-state index is 0.251. The molecule has 1 fully saturated rings. The van der Waals surface area contributed by atoms with Crippen molar-refractivity contribution in [1.29, 1.82) is 0 Å². The standard InChI is InChI=1S/C8H17NOS/c1-7(5-10)9-8-3-2-4-11-6-8/h7-10H,2-6H2,1H3/t7-,8?/m0/s1. The van der Waals surface area contributed by atoms with Crippen molar-refractivity contribution in [3.05, 3.63) is 0 Å². The fraction of sp³-hybridized carbons (Fsp3) is 1.00. The SMILES string of the molecule is C[C@@H](CO)NC1CCCSC1. The number of aliphatic hydroxyl groups excluding tert-OH is 1. The molecule has 3 heteroatoms. The third kappa shape index (κ3) is 3.45. The average Bonchev–Trinajstić information content (AvgIpc) is 2.06. The maximum atomic E-state index is 8.80. The summed E-state index contributed by atoms with van der Waals surface area (Å²) in [6.45, 7) is 2.28. The summed E-state index contributed by atoms with van der Waals surface area (Å²) in [5, 5.41) is 12.2. The van der Waals surface area contributed by atoms with E-state index in [0.717, 1.165) is 0 Å². The van der Waals surface area contributed by atoms with Crippen molar-refractivity contribution >= 4 is 11.8 Å². The van der Waals surface area contributed by atoms with Gasteiger partial charge in [0, 0.05) is 17.8 Å². The molecule has 66 valence electrons. The Hall–Kier alpha value is 0.270. The second-order valence-corrected chi connectivity index (χ2v) is 4.31. The third-order valence-electron chi connectivity index (χ3n) is 1.95. The van der Waals surface area contributed by atoms with Gasteiger partial charge in [0.15, 0.2) is 0 Å². The summed E-state index contributed by atoms with van der Waals surface area (Å²) in [4.78, 5) is 0. The monoisotopic (exact) mass is 175 g/mol. The molecule has 1 rings (SSSR count). The van der Waals surface area contributed by atoms with Gasteiger partial charge < -0.3 is 10.4 Å². The first-order valence-corrected chi connectivity index (χ1v) is 5.43. The molecule has 0 saturated carbocycles. The molecule has 0 aliphatic carbocycles. The van der Waals surface area contributed by atoms with E-state index in [1.54, 1.807) is 0 Å². The lowest BCUT2D eigenvalue weighted by Crippen LogP contribution is -2.41. The molecular weight excluding hydrogens is 158 g/mol. The molecule has 2 atom stereocenters. The molecule has 1 unspecified atom stereocenters. The molecule has 1 aliphatic heterocycles. The second-order valence-electron chi connectivity index (χ2n) is 3.16. The Bertz CT molecular complexity index is 104. The predicted octanol–water partition coefficient (Wildman–Crippen LogP) is 0.852. The molecule has 1 saturated heterocycles. The maximum absolute atomic E-state index is 8.80. The van der Waals surface area contributed by atoms with Gasteiger partial charge in [0.2, 0.25) is 0 Å². The number of aliphatic hydroxyl groups is 1. The van der Waals surface area contributed by atoms with E-state index in [9.17, 15) is 0 Å². The van der Waals surface area contributed by atoms with Gasteiger partial charge in [0.25, 0.3) is 0 Å². The molecule has 0 amide bonds. The molecule has 1 heterocycles. The molecule has 0 aromatic carbocycles. The first-order valence-electron chi connectivity index (χ1n) is 4.27. The van der Waals surface area contributed by atoms with Gasteiger partial charge >= 0.3 is 0 Å². The van der Waals surface area contributed by atoms with Crippen LogP contribution in [0.25, 0.3) is 0 Å². The van der Waals surface area contributed by atoms with E-state index in [1.807, 2.05) is 18.7 Å². The Morgan fingerprint density at radius 1 is 1.73 bits per heavy atom. The first-order chi connectivity index (χ1) is 5.33. The molecule has 0 bridgehead atoms. The van der Waals surface area contributed by atoms with Gasteiger partial charge in [-0.25, -0.2) is 0 Å². The molecular formula is C8H17NOS. The summed E-state index contributed by atoms with van der Waals surface area (Å²) in [5.41, 5.74) is 0. The van der Waals surface area contributed by atoms with Gasteiger partial charge in [-0.1, -0.05) is 0 Å². The Kier molecular flexibility index (Phi) is 4.26. The lowest BCUT2D eigenvalue weighted by molar-refractivity contribution is 0.241. The summed E-state index contributed by atoms with van der Waals surface area (Å²) >= 11 is 2.01. The number of nitrogens with one attached hydrogen (secondary N) is 1. The number of hydrogen-bond acceptors (Lipinski definition) is 3. The van der Waals surface area contributed by atoms with Gasteiger partial charge in [-0.2, -0.15) is 11.8 Å². The van der Waals surface area contributed by atoms with E-state index in [2.05, 4.69) is 5.32 Å². The molecule has 0 aromatic heterocycles. The minimum Gasteiger partial charge on any atom is -0.395 e. The van der Waals surface area contributed by atoms with Gasteiger partial charge in [-0.05, 0) is 25.5 Å². The van der Waals surface area contributed by atoms with Crippen molar-refractivity contribution in [2.45, 2.75) is 31.8 Å². The molecule has 2 N–H and O–H groups in total. The summed E-state index contributed by atoms with van der Waals surface area (Å²) < 4.78 is 0. The summed E-state index contributed by atoms with van der Waals surface area (Å²) in [7, 11) is 0. The van der Waals surface area contributed by atoms with E-state index in [-0.39, 0.29) is 12.6 Å². The Labute approximate surface area is 72.8 Å². The molecule has 0 radical (unpaired) electrons. The van der Waals surface area contributed by atoms with Crippen LogP contribution < -0.4 is 5.32 Å². The third-order valence-corrected chi connectivity index (χ3v) is 3.17. The molecule has 0 spiro atoms. The lowest BCUT2D eigenvalue weighted by atomic mass is 10.1. The first kappa shape index (κ1) is 9.36. The maximum Gasteiger partial charge on any atom is 0.0582 e. The zero-order valence-electron chi connectivity index (χ0n) is 7.05. The van der Waals surface area contributed by atoms with Crippen LogP contribution >= 0.6 is 11.8 Å². The van der Waals surface area contributed by atoms with Crippen LogP contribution in [0.4, 0.5) is 0 Å². The molecule has 1 aliphatic rings. The highest BCUT2D eigenvalue weighted by atomic mass is 32.2. The van der Waals surface area contributed by atoms with Crippen LogP contribution in [0, 0.1) is 0 Å². The van der Waals surface area contributed by atoms with Crippen LogP contribution in [0.2, 0.25) is 0 Å². The highest BCUT2D eigenvalue weighted by molar-refractivity contribution is 7.99. The fourth-order valence-electron chi connectivity index (χ4n) is 1.33. The van der Waals surface area contributed by atoms with Crippen molar-refractivity contribution < 1.29 is 5.11 Å². The number of hydrogen-bond donors (Lipinski definition) is 2. The summed E-state index contributed by atoms with van der Waals surface area (Å²) in [6.07, 6.45) is 2.60. The lowest BCUT2D eigenvalue weighted by Gasteiger charge is -2.25. The van der Waals surface area contributed by atoms with Crippen LogP contribution in [0.5, 0.6) is 0 Å². The molecule has 0 aromatic rings. The van der Waals surface area contributed by atoms with E-state index >= 15 is 0 Å². The zero-order valence-corrected chi connectivity index (χ0v) is 7.86. The van der Waals surface area contributed by atoms with Crippen molar-refractivity contribution in [3.63, 3.8) is 0 Å². The Morgan fingerprint density at radius 2 is 2.55 bits per heavy atom. The molecule has 2 nitrogen and oxygen atoms in total. The van der Waals surface area contributed by atoms with Crippen molar-refractivity contribution in [3.8, 4) is 0 Å². The van der Waals surface area contributed by atoms with Gasteiger partial charge in [-0.15, -0.1) is 0 Å². The van der Waals surface area contributed by atoms with E-state index < -0.39 is 0 Å². The number of thioether (sulfide) groups is 1. The Balaban J connectivity index is 2.13. The van der Waals surface area contributed by atoms with Crippen molar-refractivity contribution in [2.75, 3.05) is 18.1 Å². The van der Waals surface area contributed by atoms with Gasteiger partial charge in [0.1, 0.15) is 0 Å². The smallest absolute Gasteiger partial charge is 0.0582 e. The van der Waals surface area contributed by atoms with Crippen molar-refractivity contribution in [1.82, 2.24) is 5.32 Å². The van der Waals surface area contributed by atoms with Crippen molar-refractivity contribution in [2.24, 2.45) is 0 Å². The van der Waals surface area contributed by atoms with Crippen LogP contribution in [0.15, 0.2) is 0 Å². The topological polar surface area (TPSA) is 32.3 Å². The normalized spacial score (nSPS) is 28.4. The highest BCUT2D eigenvalue weighted by Gasteiger charge is 2.14. The van der Waals surface area contributed by atoms with Gasteiger partial charge in [-0.3, -0.25) is 0 Å². The van der Waals surface area contributed by atoms with E-state index in [0.29, 0.717) is 6.04 Å². The van der Waals surface area contributed by atoms with E-state index in [1.165, 1.54) is 24.3 Å². The number of rotatable bonds is 3. The fourth-order valence-corrected chi connectivity index (χ4v) is 2.41. The van der Waals surface area contributed by atoms with Gasteiger partial charge in [0.05, 0.1) is 6.61 Å². The quantitative estimate of drug-likeness (QED) is 0.667. The van der Waals surface area contributed by atoms with Crippen LogP contribution in [0.3, 0.4) is 0 Å². The summed E-state index contributed by atoms with van der Waals surface area (Å²) in [5.74, 6) is 2.52. The Morgan fingerprint density at radius 3 is 3.09 bits per heavy atom. The minimum absolute atomic E-state index is 0.251. The van der Waals surface area contributed by atoms with Crippen LogP contribution in [0.1, 0.15) is 19.8 Å². The highest BCUT2D eigenvalue weighted by Crippen LogP contribution is 2.16. The molecule has 11 heavy (non-hydrogen) atoms. The predicted molar refractivity (Wildman–Crippen MR) is 50.0 cm³/mol. The average molecular weight is 175 g/mol. The largest absolute Gasteiger partial charge is 0.395 e. The van der Waals surface area contributed by atoms with Crippen LogP contribution in [-0.4, -0.2) is 35.3 Å². The zero-order chi connectivity index (χ0) is 8.10. The summed E-state index contributed by atoms with van der Waals surface area (Å²) in [6, 6.07) is 0.898. The second kappa shape index (κ2) is 5.01. The van der Waals surface area contributed by atoms with Crippen LogP contribution in [-0.2, 0) is 0 Å². The van der Waals surface area contributed by atoms with E-state index in [4.69, 9.17) is 5.11 Å².